The highest BCUT2D eigenvalue weighted by molar-refractivity contribution is 7.90. The number of hydrogen-bond donors (Lipinski definition) is 1. The maximum atomic E-state index is 12.9. The molecule has 0 saturated carbocycles. The molecule has 0 fully saturated rings. The third-order valence-corrected chi connectivity index (χ3v) is 5.89. The van der Waals surface area contributed by atoms with Crippen LogP contribution in [-0.2, 0) is 22.4 Å². The molecule has 0 aliphatic carbocycles. The van der Waals surface area contributed by atoms with E-state index in [4.69, 9.17) is 0 Å². The van der Waals surface area contributed by atoms with Gasteiger partial charge in [0.05, 0.1) is 16.2 Å². The Hall–Kier alpha value is -2.58. The molecule has 0 radical (unpaired) electrons. The van der Waals surface area contributed by atoms with Crippen LogP contribution in [0.4, 0.5) is 13.2 Å². The molecule has 1 N–H and O–H groups in total. The van der Waals surface area contributed by atoms with Gasteiger partial charge in [-0.2, -0.15) is 13.2 Å². The van der Waals surface area contributed by atoms with Gasteiger partial charge in [-0.05, 0) is 66.9 Å². The first-order valence-corrected chi connectivity index (χ1v) is 10.7. The van der Waals surface area contributed by atoms with E-state index in [1.54, 1.807) is 16.7 Å². The van der Waals surface area contributed by atoms with Gasteiger partial charge in [0.1, 0.15) is 0 Å². The van der Waals surface area contributed by atoms with E-state index in [0.717, 1.165) is 29.6 Å². The minimum Gasteiger partial charge on any atom is -0.396 e. The summed E-state index contributed by atoms with van der Waals surface area (Å²) in [4.78, 5) is 0.182. The zero-order valence-corrected chi connectivity index (χ0v) is 16.7. The lowest BCUT2D eigenvalue weighted by molar-refractivity contribution is -0.137. The second-order valence-electron chi connectivity index (χ2n) is 6.79. The fraction of sp³-hybridized carbons (Fsp3) is 0.238. The maximum Gasteiger partial charge on any atom is 0.416 e. The van der Waals surface area contributed by atoms with Crippen molar-refractivity contribution in [2.45, 2.75) is 24.4 Å². The smallest absolute Gasteiger partial charge is 0.396 e. The number of rotatable bonds is 5. The summed E-state index contributed by atoms with van der Waals surface area (Å²) in [6, 6.07) is 13.0. The highest BCUT2D eigenvalue weighted by Crippen LogP contribution is 2.33. The summed E-state index contributed by atoms with van der Waals surface area (Å²) in [6.07, 6.45) is -2.90. The van der Waals surface area contributed by atoms with Gasteiger partial charge in [0.15, 0.2) is 9.84 Å². The molecule has 3 aromatic rings. The van der Waals surface area contributed by atoms with E-state index in [0.29, 0.717) is 23.4 Å². The third kappa shape index (κ3) is 4.38. The molecule has 0 aliphatic rings. The van der Waals surface area contributed by atoms with Crippen molar-refractivity contribution in [3.05, 3.63) is 71.4 Å². The van der Waals surface area contributed by atoms with Crippen molar-refractivity contribution in [3.63, 3.8) is 0 Å². The fourth-order valence-corrected chi connectivity index (χ4v) is 3.88. The van der Waals surface area contributed by atoms with Crippen LogP contribution in [0.1, 0.15) is 16.8 Å². The van der Waals surface area contributed by atoms with E-state index in [1.165, 1.54) is 24.3 Å². The first-order valence-electron chi connectivity index (χ1n) is 8.82. The first kappa shape index (κ1) is 21.1. The number of benzene rings is 2. The minimum atomic E-state index is -4.42. The molecule has 3 rings (SSSR count). The predicted octanol–water partition coefficient (Wildman–Crippen LogP) is 4.41. The number of aromatic nitrogens is 1. The number of aliphatic hydroxyl groups is 1. The predicted molar refractivity (Wildman–Crippen MR) is 105 cm³/mol. The topological polar surface area (TPSA) is 59.3 Å². The van der Waals surface area contributed by atoms with Crippen LogP contribution in [-0.4, -0.2) is 31.0 Å². The second kappa shape index (κ2) is 7.68. The summed E-state index contributed by atoms with van der Waals surface area (Å²) in [5.74, 6) is 0. The van der Waals surface area contributed by atoms with Crippen LogP contribution in [0.15, 0.2) is 59.5 Å². The highest BCUT2D eigenvalue weighted by Gasteiger charge is 2.30. The van der Waals surface area contributed by atoms with Crippen molar-refractivity contribution >= 4 is 9.84 Å². The van der Waals surface area contributed by atoms with Gasteiger partial charge in [0.25, 0.3) is 0 Å². The number of sulfone groups is 1. The van der Waals surface area contributed by atoms with Crippen molar-refractivity contribution in [3.8, 4) is 16.9 Å². The minimum absolute atomic E-state index is 0.0652. The summed E-state index contributed by atoms with van der Waals surface area (Å²) in [7, 11) is -3.34. The lowest BCUT2D eigenvalue weighted by Gasteiger charge is -2.14. The van der Waals surface area contributed by atoms with Crippen LogP contribution >= 0.6 is 0 Å². The van der Waals surface area contributed by atoms with Crippen LogP contribution in [0, 0.1) is 6.92 Å². The summed E-state index contributed by atoms with van der Waals surface area (Å²) >= 11 is 0. The van der Waals surface area contributed by atoms with Crippen molar-refractivity contribution < 1.29 is 26.7 Å². The van der Waals surface area contributed by atoms with Crippen LogP contribution in [0.25, 0.3) is 16.9 Å². The van der Waals surface area contributed by atoms with E-state index >= 15 is 0 Å². The molecule has 1 aromatic heterocycles. The second-order valence-corrected chi connectivity index (χ2v) is 8.81. The Kier molecular flexibility index (Phi) is 5.60. The van der Waals surface area contributed by atoms with Gasteiger partial charge in [-0.1, -0.05) is 12.1 Å². The van der Waals surface area contributed by atoms with Crippen LogP contribution in [0.2, 0.25) is 0 Å². The molecule has 0 aliphatic heterocycles. The molecular formula is C21H20F3NO3S. The Bertz CT molecular complexity index is 1110. The molecular weight excluding hydrogens is 403 g/mol. The SMILES string of the molecule is Cc1c(CCO)cc(-c2ccc(S(C)(=O)=O)cc2)n1-c1ccc(C(F)(F)F)cc1. The van der Waals surface area contributed by atoms with Crippen molar-refractivity contribution in [1.29, 1.82) is 0 Å². The number of hydrogen-bond acceptors (Lipinski definition) is 3. The summed E-state index contributed by atoms with van der Waals surface area (Å²) in [6.45, 7) is 1.77. The monoisotopic (exact) mass is 423 g/mol. The van der Waals surface area contributed by atoms with Crippen LogP contribution in [0.5, 0.6) is 0 Å². The van der Waals surface area contributed by atoms with Gasteiger partial charge in [-0.3, -0.25) is 0 Å². The Labute approximate surface area is 167 Å². The molecule has 0 unspecified atom stereocenters. The van der Waals surface area contributed by atoms with E-state index in [2.05, 4.69) is 0 Å². The molecule has 2 aromatic carbocycles. The van der Waals surface area contributed by atoms with Crippen molar-refractivity contribution in [2.24, 2.45) is 0 Å². The lowest BCUT2D eigenvalue weighted by atomic mass is 10.1. The number of halogens is 3. The van der Waals surface area contributed by atoms with Gasteiger partial charge >= 0.3 is 6.18 Å². The third-order valence-electron chi connectivity index (χ3n) is 4.76. The van der Waals surface area contributed by atoms with E-state index in [9.17, 15) is 26.7 Å². The maximum absolute atomic E-state index is 12.9. The van der Waals surface area contributed by atoms with E-state index in [1.807, 2.05) is 13.0 Å². The molecule has 0 amide bonds. The highest BCUT2D eigenvalue weighted by atomic mass is 32.2. The van der Waals surface area contributed by atoms with Gasteiger partial charge in [0, 0.05) is 24.2 Å². The standard InChI is InChI=1S/C21H20F3NO3S/c1-14-16(11-12-26)13-20(15-3-9-19(10-4-15)29(2,27)28)25(14)18-7-5-17(6-8-18)21(22,23)24/h3-10,13,26H,11-12H2,1-2H3. The number of alkyl halides is 3. The number of aliphatic hydroxyl groups excluding tert-OH is 1. The molecule has 0 atom stereocenters. The average Bonchev–Trinajstić information content (AvgIpc) is 2.97. The quantitative estimate of drug-likeness (QED) is 0.661. The van der Waals surface area contributed by atoms with Gasteiger partial charge in [0.2, 0.25) is 0 Å². The Morgan fingerprint density at radius 3 is 2.07 bits per heavy atom. The zero-order chi connectivity index (χ0) is 21.4. The van der Waals surface area contributed by atoms with Gasteiger partial charge < -0.3 is 9.67 Å². The van der Waals surface area contributed by atoms with Crippen molar-refractivity contribution in [2.75, 3.05) is 12.9 Å². The Balaban J connectivity index is 2.14. The van der Waals surface area contributed by atoms with Crippen LogP contribution < -0.4 is 0 Å². The molecule has 8 heteroatoms. The van der Waals surface area contributed by atoms with E-state index in [-0.39, 0.29) is 11.5 Å². The largest absolute Gasteiger partial charge is 0.416 e. The first-order chi connectivity index (χ1) is 13.5. The Morgan fingerprint density at radius 1 is 1.00 bits per heavy atom. The molecule has 0 spiro atoms. The molecule has 1 heterocycles. The summed E-state index contributed by atoms with van der Waals surface area (Å²) < 4.78 is 63.9. The van der Waals surface area contributed by atoms with Gasteiger partial charge in [-0.15, -0.1) is 0 Å². The van der Waals surface area contributed by atoms with Gasteiger partial charge in [-0.25, -0.2) is 8.42 Å². The van der Waals surface area contributed by atoms with Crippen molar-refractivity contribution in [1.82, 2.24) is 4.57 Å². The lowest BCUT2D eigenvalue weighted by Crippen LogP contribution is -2.06. The molecule has 154 valence electrons. The van der Waals surface area contributed by atoms with E-state index < -0.39 is 21.6 Å². The zero-order valence-electron chi connectivity index (χ0n) is 15.9. The molecule has 0 bridgehead atoms. The average molecular weight is 423 g/mol. The Morgan fingerprint density at radius 2 is 1.59 bits per heavy atom. The molecule has 0 saturated heterocycles. The summed E-state index contributed by atoms with van der Waals surface area (Å²) in [5.41, 5.74) is 2.87. The number of nitrogens with zero attached hydrogens (tertiary/aromatic N) is 1. The normalized spacial score (nSPS) is 12.3. The molecule has 29 heavy (non-hydrogen) atoms. The molecule has 4 nitrogen and oxygen atoms in total. The fourth-order valence-electron chi connectivity index (χ4n) is 3.25. The summed E-state index contributed by atoms with van der Waals surface area (Å²) in [5, 5.41) is 9.34. The van der Waals surface area contributed by atoms with Crippen LogP contribution in [0.3, 0.4) is 0 Å².